The lowest BCUT2D eigenvalue weighted by Crippen LogP contribution is -2.33. The monoisotopic (exact) mass is 374 g/mol. The lowest BCUT2D eigenvalue weighted by molar-refractivity contribution is -0.126. The highest BCUT2D eigenvalue weighted by Gasteiger charge is 2.36. The summed E-state index contributed by atoms with van der Waals surface area (Å²) in [5, 5.41) is 2.82. The van der Waals surface area contributed by atoms with Gasteiger partial charge in [0.2, 0.25) is 11.8 Å². The summed E-state index contributed by atoms with van der Waals surface area (Å²) in [5.74, 6) is -1.66. The van der Waals surface area contributed by atoms with Crippen molar-refractivity contribution in [3.05, 3.63) is 47.5 Å². The molecule has 27 heavy (non-hydrogen) atoms. The van der Waals surface area contributed by atoms with Crippen molar-refractivity contribution >= 4 is 17.5 Å². The molecule has 142 valence electrons. The number of carbonyl (C=O) groups is 2. The van der Waals surface area contributed by atoms with Gasteiger partial charge >= 0.3 is 0 Å². The first kappa shape index (κ1) is 17.6. The molecule has 6 nitrogen and oxygen atoms in total. The molecule has 1 atom stereocenters. The molecule has 0 saturated carbocycles. The first-order chi connectivity index (χ1) is 13.0. The number of amides is 2. The predicted molar refractivity (Wildman–Crippen MR) is 93.8 cm³/mol. The Balaban J connectivity index is 1.38. The highest BCUT2D eigenvalue weighted by atomic mass is 19.1. The molecule has 0 spiro atoms. The molecule has 4 rings (SSSR count). The van der Waals surface area contributed by atoms with E-state index < -0.39 is 17.6 Å². The summed E-state index contributed by atoms with van der Waals surface area (Å²) in [5.41, 5.74) is 0.796. The molecule has 1 aromatic carbocycles. The Kier molecular flexibility index (Phi) is 4.63. The van der Waals surface area contributed by atoms with Crippen LogP contribution in [-0.2, 0) is 29.1 Å². The highest BCUT2D eigenvalue weighted by molar-refractivity contribution is 6.00. The van der Waals surface area contributed by atoms with Crippen molar-refractivity contribution in [2.75, 3.05) is 11.4 Å². The smallest absolute Gasteiger partial charge is 0.227 e. The lowest BCUT2D eigenvalue weighted by Gasteiger charge is -2.17. The van der Waals surface area contributed by atoms with Crippen LogP contribution in [0.25, 0.3) is 0 Å². The van der Waals surface area contributed by atoms with Gasteiger partial charge in [-0.1, -0.05) is 0 Å². The van der Waals surface area contributed by atoms with Crippen molar-refractivity contribution < 1.29 is 18.4 Å². The number of imidazole rings is 1. The summed E-state index contributed by atoms with van der Waals surface area (Å²) < 4.78 is 29.1. The lowest BCUT2D eigenvalue weighted by atomic mass is 10.1. The number of carbonyl (C=O) groups excluding carboxylic acids is 2. The fourth-order valence-electron chi connectivity index (χ4n) is 3.70. The maximum Gasteiger partial charge on any atom is 0.227 e. The van der Waals surface area contributed by atoms with Gasteiger partial charge in [-0.3, -0.25) is 9.59 Å². The normalized spacial score (nSPS) is 19.3. The van der Waals surface area contributed by atoms with Crippen molar-refractivity contribution in [3.8, 4) is 0 Å². The van der Waals surface area contributed by atoms with Gasteiger partial charge in [-0.25, -0.2) is 13.8 Å². The molecule has 0 aliphatic carbocycles. The van der Waals surface area contributed by atoms with E-state index in [-0.39, 0.29) is 30.5 Å². The van der Waals surface area contributed by atoms with Crippen LogP contribution in [0.4, 0.5) is 14.5 Å². The van der Waals surface area contributed by atoms with Crippen LogP contribution in [0.1, 0.15) is 30.8 Å². The number of halogens is 2. The number of hydrogen-bond acceptors (Lipinski definition) is 3. The molecule has 2 amide bonds. The second kappa shape index (κ2) is 7.09. The maximum absolute atomic E-state index is 13.9. The van der Waals surface area contributed by atoms with Gasteiger partial charge in [0.1, 0.15) is 17.5 Å². The van der Waals surface area contributed by atoms with Crippen LogP contribution in [0.15, 0.2) is 24.4 Å². The molecule has 3 heterocycles. The molecule has 1 unspecified atom stereocenters. The molecule has 8 heteroatoms. The number of nitrogens with one attached hydrogen (secondary N) is 1. The molecule has 1 saturated heterocycles. The minimum atomic E-state index is -0.812. The van der Waals surface area contributed by atoms with Crippen LogP contribution in [0.5, 0.6) is 0 Å². The van der Waals surface area contributed by atoms with E-state index in [1.807, 2.05) is 6.20 Å². The van der Waals surface area contributed by atoms with Gasteiger partial charge in [0.15, 0.2) is 0 Å². The van der Waals surface area contributed by atoms with Gasteiger partial charge in [0, 0.05) is 38.2 Å². The topological polar surface area (TPSA) is 67.2 Å². The molecule has 2 aromatic rings. The fraction of sp³-hybridized carbons (Fsp3) is 0.421. The summed E-state index contributed by atoms with van der Waals surface area (Å²) >= 11 is 0. The minimum Gasteiger partial charge on any atom is -0.350 e. The predicted octanol–water partition coefficient (Wildman–Crippen LogP) is 2.17. The van der Waals surface area contributed by atoms with E-state index >= 15 is 0 Å². The summed E-state index contributed by atoms with van der Waals surface area (Å²) in [6, 6.07) is 3.05. The molecule has 1 N–H and O–H groups in total. The van der Waals surface area contributed by atoms with Crippen LogP contribution >= 0.6 is 0 Å². The third-order valence-electron chi connectivity index (χ3n) is 5.10. The Morgan fingerprint density at radius 2 is 2.15 bits per heavy atom. The van der Waals surface area contributed by atoms with Crippen molar-refractivity contribution in [3.63, 3.8) is 0 Å². The van der Waals surface area contributed by atoms with Gasteiger partial charge < -0.3 is 14.8 Å². The largest absolute Gasteiger partial charge is 0.350 e. The van der Waals surface area contributed by atoms with Gasteiger partial charge in [0.25, 0.3) is 0 Å². The number of fused-ring (bicyclic) bond motifs is 1. The summed E-state index contributed by atoms with van der Waals surface area (Å²) in [6.07, 6.45) is 5.16. The van der Waals surface area contributed by atoms with Crippen LogP contribution < -0.4 is 10.2 Å². The quantitative estimate of drug-likeness (QED) is 0.892. The molecular weight excluding hydrogens is 354 g/mol. The standard InChI is InChI=1S/C19H20F2N4O2/c20-13-4-5-16(15(21)8-13)25-10-12(7-18(25)26)19(27)22-9-14-11-24-6-2-1-3-17(24)23-14/h4-5,8,11-12H,1-3,6-7,9-10H2,(H,22,27). The molecule has 2 aliphatic rings. The fourth-order valence-corrected chi connectivity index (χ4v) is 3.70. The van der Waals surface area contributed by atoms with E-state index in [1.165, 1.54) is 11.0 Å². The van der Waals surface area contributed by atoms with Gasteiger partial charge in [-0.2, -0.15) is 0 Å². The second-order valence-corrected chi connectivity index (χ2v) is 7.02. The van der Waals surface area contributed by atoms with E-state index in [0.717, 1.165) is 49.5 Å². The number of benzene rings is 1. The van der Waals surface area contributed by atoms with Gasteiger partial charge in [0.05, 0.1) is 23.8 Å². The van der Waals surface area contributed by atoms with Crippen LogP contribution in [-0.4, -0.2) is 27.9 Å². The first-order valence-electron chi connectivity index (χ1n) is 9.09. The number of rotatable bonds is 4. The van der Waals surface area contributed by atoms with E-state index in [2.05, 4.69) is 14.9 Å². The SMILES string of the molecule is O=C(NCc1cn2c(n1)CCCC2)C1CC(=O)N(c2ccc(F)cc2F)C1. The van der Waals surface area contributed by atoms with Crippen LogP contribution in [0.3, 0.4) is 0 Å². The molecular formula is C19H20F2N4O2. The third-order valence-corrected chi connectivity index (χ3v) is 5.10. The number of aryl methyl sites for hydroxylation is 2. The van der Waals surface area contributed by atoms with E-state index in [4.69, 9.17) is 0 Å². The molecule has 0 bridgehead atoms. The maximum atomic E-state index is 13.9. The number of aromatic nitrogens is 2. The average molecular weight is 374 g/mol. The molecule has 1 aromatic heterocycles. The average Bonchev–Trinajstić information content (AvgIpc) is 3.23. The van der Waals surface area contributed by atoms with Crippen LogP contribution in [0.2, 0.25) is 0 Å². The van der Waals surface area contributed by atoms with Crippen molar-refractivity contribution in [2.45, 2.75) is 38.8 Å². The number of anilines is 1. The van der Waals surface area contributed by atoms with E-state index in [1.54, 1.807) is 0 Å². The zero-order valence-electron chi connectivity index (χ0n) is 14.8. The Morgan fingerprint density at radius 3 is 2.93 bits per heavy atom. The Labute approximate surface area is 155 Å². The van der Waals surface area contributed by atoms with Crippen molar-refractivity contribution in [1.82, 2.24) is 14.9 Å². The van der Waals surface area contributed by atoms with Crippen LogP contribution in [0, 0.1) is 17.6 Å². The molecule has 0 radical (unpaired) electrons. The first-order valence-corrected chi connectivity index (χ1v) is 9.09. The second-order valence-electron chi connectivity index (χ2n) is 7.02. The highest BCUT2D eigenvalue weighted by Crippen LogP contribution is 2.28. The zero-order chi connectivity index (χ0) is 19.0. The summed E-state index contributed by atoms with van der Waals surface area (Å²) in [7, 11) is 0. The molecule has 1 fully saturated rings. The van der Waals surface area contributed by atoms with Crippen molar-refractivity contribution in [1.29, 1.82) is 0 Å². The van der Waals surface area contributed by atoms with E-state index in [0.29, 0.717) is 6.54 Å². The Hall–Kier alpha value is -2.77. The summed E-state index contributed by atoms with van der Waals surface area (Å²) in [6.45, 7) is 1.33. The Morgan fingerprint density at radius 1 is 1.30 bits per heavy atom. The minimum absolute atomic E-state index is 0.00141. The number of hydrogen-bond donors (Lipinski definition) is 1. The Bertz CT molecular complexity index is 872. The number of nitrogens with zero attached hydrogens (tertiary/aromatic N) is 3. The summed E-state index contributed by atoms with van der Waals surface area (Å²) in [4.78, 5) is 30.4. The van der Waals surface area contributed by atoms with Gasteiger partial charge in [-0.05, 0) is 25.0 Å². The van der Waals surface area contributed by atoms with Crippen molar-refractivity contribution in [2.24, 2.45) is 5.92 Å². The van der Waals surface area contributed by atoms with Gasteiger partial charge in [-0.15, -0.1) is 0 Å². The third kappa shape index (κ3) is 3.56. The molecule has 2 aliphatic heterocycles. The van der Waals surface area contributed by atoms with E-state index in [9.17, 15) is 18.4 Å². The zero-order valence-corrected chi connectivity index (χ0v) is 14.8.